The molecule has 1 atom stereocenters. The van der Waals surface area contributed by atoms with Crippen LogP contribution in [0.25, 0.3) is 0 Å². The van der Waals surface area contributed by atoms with Crippen LogP contribution in [0.2, 0.25) is 0 Å². The fraction of sp³-hybridized carbons (Fsp3) is 0.538. The van der Waals surface area contributed by atoms with E-state index >= 15 is 0 Å². The van der Waals surface area contributed by atoms with Gasteiger partial charge in [0.1, 0.15) is 5.75 Å². The second-order valence-electron chi connectivity index (χ2n) is 4.42. The lowest BCUT2D eigenvalue weighted by Crippen LogP contribution is -2.18. The highest BCUT2D eigenvalue weighted by molar-refractivity contribution is 5.59. The maximum atomic E-state index is 9.81. The number of rotatable bonds is 3. The van der Waals surface area contributed by atoms with E-state index in [4.69, 9.17) is 4.74 Å². The number of aryl methyl sites for hydroxylation is 1. The van der Waals surface area contributed by atoms with Crippen LogP contribution >= 0.6 is 0 Å². The first-order chi connectivity index (χ1) is 7.68. The van der Waals surface area contributed by atoms with Crippen molar-refractivity contribution < 1.29 is 9.84 Å². The Morgan fingerprint density at radius 2 is 2.25 bits per heavy atom. The largest absolute Gasteiger partial charge is 0.507 e. The number of benzene rings is 1. The van der Waals surface area contributed by atoms with E-state index in [-0.39, 0.29) is 0 Å². The van der Waals surface area contributed by atoms with E-state index in [9.17, 15) is 5.11 Å². The number of phenolic OH excluding ortho intramolecular Hbond substituents is 1. The molecule has 2 rings (SSSR count). The summed E-state index contributed by atoms with van der Waals surface area (Å²) in [6.07, 6.45) is 2.61. The smallest absolute Gasteiger partial charge is 0.123 e. The maximum Gasteiger partial charge on any atom is 0.123 e. The Kier molecular flexibility index (Phi) is 3.34. The molecule has 3 nitrogen and oxygen atoms in total. The van der Waals surface area contributed by atoms with Crippen LogP contribution in [-0.2, 0) is 4.74 Å². The fourth-order valence-corrected chi connectivity index (χ4v) is 2.06. The van der Waals surface area contributed by atoms with E-state index in [0.717, 1.165) is 42.8 Å². The molecule has 0 bridgehead atoms. The minimum atomic E-state index is 0.322. The van der Waals surface area contributed by atoms with Crippen molar-refractivity contribution in [1.29, 1.82) is 0 Å². The molecule has 2 N–H and O–H groups in total. The van der Waals surface area contributed by atoms with E-state index in [2.05, 4.69) is 5.32 Å². The molecule has 1 unspecified atom stereocenters. The standard InChI is InChI=1S/C13H19NO2/c1-9-5-6-12(10(2)13(9)15)14-8-11-4-3-7-16-11/h5-6,11,14-15H,3-4,7-8H2,1-2H3. The van der Waals surface area contributed by atoms with Gasteiger partial charge in [-0.15, -0.1) is 0 Å². The van der Waals surface area contributed by atoms with Crippen molar-refractivity contribution in [3.05, 3.63) is 23.3 Å². The van der Waals surface area contributed by atoms with Gasteiger partial charge >= 0.3 is 0 Å². The van der Waals surface area contributed by atoms with Gasteiger partial charge in [-0.3, -0.25) is 0 Å². The van der Waals surface area contributed by atoms with Gasteiger partial charge < -0.3 is 15.2 Å². The predicted molar refractivity (Wildman–Crippen MR) is 65.0 cm³/mol. The van der Waals surface area contributed by atoms with Crippen LogP contribution in [0.1, 0.15) is 24.0 Å². The van der Waals surface area contributed by atoms with E-state index in [1.807, 2.05) is 26.0 Å². The molecule has 0 saturated carbocycles. The number of nitrogens with one attached hydrogen (secondary N) is 1. The third-order valence-corrected chi connectivity index (χ3v) is 3.18. The Labute approximate surface area is 96.4 Å². The van der Waals surface area contributed by atoms with Crippen molar-refractivity contribution in [3.8, 4) is 5.75 Å². The number of hydrogen-bond donors (Lipinski definition) is 2. The van der Waals surface area contributed by atoms with Crippen LogP contribution < -0.4 is 5.32 Å². The zero-order valence-electron chi connectivity index (χ0n) is 9.92. The molecule has 1 aromatic carbocycles. The lowest BCUT2D eigenvalue weighted by Gasteiger charge is -2.15. The molecule has 88 valence electrons. The second-order valence-corrected chi connectivity index (χ2v) is 4.42. The summed E-state index contributed by atoms with van der Waals surface area (Å²) in [6, 6.07) is 3.94. The van der Waals surface area contributed by atoms with E-state index in [0.29, 0.717) is 11.9 Å². The number of ether oxygens (including phenoxy) is 1. The Morgan fingerprint density at radius 1 is 1.44 bits per heavy atom. The Bertz CT molecular complexity index is 370. The second kappa shape index (κ2) is 4.74. The van der Waals surface area contributed by atoms with Gasteiger partial charge in [0.05, 0.1) is 6.10 Å². The van der Waals surface area contributed by atoms with Crippen LogP contribution in [0.4, 0.5) is 5.69 Å². The van der Waals surface area contributed by atoms with E-state index in [1.54, 1.807) is 0 Å². The topological polar surface area (TPSA) is 41.5 Å². The number of aromatic hydroxyl groups is 1. The highest BCUT2D eigenvalue weighted by atomic mass is 16.5. The molecular formula is C13H19NO2. The monoisotopic (exact) mass is 221 g/mol. The summed E-state index contributed by atoms with van der Waals surface area (Å²) in [5, 5.41) is 13.1. The fourth-order valence-electron chi connectivity index (χ4n) is 2.06. The molecule has 1 heterocycles. The van der Waals surface area contributed by atoms with Crippen molar-refractivity contribution in [3.63, 3.8) is 0 Å². The average molecular weight is 221 g/mol. The molecule has 1 aromatic rings. The Hall–Kier alpha value is -1.22. The van der Waals surface area contributed by atoms with Crippen LogP contribution in [-0.4, -0.2) is 24.4 Å². The highest BCUT2D eigenvalue weighted by Crippen LogP contribution is 2.28. The lowest BCUT2D eigenvalue weighted by atomic mass is 10.1. The molecular weight excluding hydrogens is 202 g/mol. The minimum Gasteiger partial charge on any atom is -0.507 e. The minimum absolute atomic E-state index is 0.322. The van der Waals surface area contributed by atoms with Crippen LogP contribution in [0.3, 0.4) is 0 Å². The van der Waals surface area contributed by atoms with Crippen molar-refractivity contribution >= 4 is 5.69 Å². The van der Waals surface area contributed by atoms with Gasteiger partial charge in [0.15, 0.2) is 0 Å². The summed E-state index contributed by atoms with van der Waals surface area (Å²) < 4.78 is 5.54. The summed E-state index contributed by atoms with van der Waals surface area (Å²) in [4.78, 5) is 0. The molecule has 0 spiro atoms. The van der Waals surface area contributed by atoms with Gasteiger partial charge in [-0.05, 0) is 38.3 Å². The zero-order chi connectivity index (χ0) is 11.5. The molecule has 0 radical (unpaired) electrons. The highest BCUT2D eigenvalue weighted by Gasteiger charge is 2.15. The molecule has 0 amide bonds. The average Bonchev–Trinajstić information content (AvgIpc) is 2.78. The summed E-state index contributed by atoms with van der Waals surface area (Å²) in [6.45, 7) is 5.54. The van der Waals surface area contributed by atoms with Gasteiger partial charge in [0, 0.05) is 24.4 Å². The normalized spacial score (nSPS) is 20.0. The van der Waals surface area contributed by atoms with Crippen molar-refractivity contribution in [1.82, 2.24) is 0 Å². The first-order valence-corrected chi connectivity index (χ1v) is 5.83. The molecule has 1 aliphatic heterocycles. The van der Waals surface area contributed by atoms with Gasteiger partial charge in [-0.25, -0.2) is 0 Å². The van der Waals surface area contributed by atoms with Crippen molar-refractivity contribution in [2.24, 2.45) is 0 Å². The number of anilines is 1. The van der Waals surface area contributed by atoms with Gasteiger partial charge in [0.25, 0.3) is 0 Å². The van der Waals surface area contributed by atoms with Gasteiger partial charge in [-0.2, -0.15) is 0 Å². The third kappa shape index (κ3) is 2.30. The first kappa shape index (κ1) is 11.3. The summed E-state index contributed by atoms with van der Waals surface area (Å²) >= 11 is 0. The predicted octanol–water partition coefficient (Wildman–Crippen LogP) is 2.60. The summed E-state index contributed by atoms with van der Waals surface area (Å²) in [5.41, 5.74) is 2.83. The Morgan fingerprint density at radius 3 is 2.94 bits per heavy atom. The molecule has 1 fully saturated rings. The van der Waals surface area contributed by atoms with E-state index in [1.165, 1.54) is 0 Å². The summed E-state index contributed by atoms with van der Waals surface area (Å²) in [7, 11) is 0. The quantitative estimate of drug-likeness (QED) is 0.824. The molecule has 0 aliphatic carbocycles. The van der Waals surface area contributed by atoms with Crippen molar-refractivity contribution in [2.45, 2.75) is 32.8 Å². The van der Waals surface area contributed by atoms with Gasteiger partial charge in [-0.1, -0.05) is 6.07 Å². The molecule has 1 saturated heterocycles. The number of phenols is 1. The zero-order valence-corrected chi connectivity index (χ0v) is 9.92. The maximum absolute atomic E-state index is 9.81. The van der Waals surface area contributed by atoms with Crippen LogP contribution in [0, 0.1) is 13.8 Å². The molecule has 1 aliphatic rings. The van der Waals surface area contributed by atoms with Crippen molar-refractivity contribution in [2.75, 3.05) is 18.5 Å². The van der Waals surface area contributed by atoms with Crippen LogP contribution in [0.15, 0.2) is 12.1 Å². The van der Waals surface area contributed by atoms with Gasteiger partial charge in [0.2, 0.25) is 0 Å². The number of hydrogen-bond acceptors (Lipinski definition) is 3. The SMILES string of the molecule is Cc1ccc(NCC2CCCO2)c(C)c1O. The lowest BCUT2D eigenvalue weighted by molar-refractivity contribution is 0.120. The third-order valence-electron chi connectivity index (χ3n) is 3.18. The van der Waals surface area contributed by atoms with E-state index < -0.39 is 0 Å². The van der Waals surface area contributed by atoms with Crippen LogP contribution in [0.5, 0.6) is 5.75 Å². The Balaban J connectivity index is 2.01. The summed E-state index contributed by atoms with van der Waals surface area (Å²) in [5.74, 6) is 0.386. The first-order valence-electron chi connectivity index (χ1n) is 5.83. The molecule has 3 heteroatoms. The molecule has 16 heavy (non-hydrogen) atoms. The molecule has 0 aromatic heterocycles.